The van der Waals surface area contributed by atoms with Gasteiger partial charge in [0.15, 0.2) is 0 Å². The van der Waals surface area contributed by atoms with E-state index in [2.05, 4.69) is 22.8 Å². The van der Waals surface area contributed by atoms with Crippen LogP contribution in [0.15, 0.2) is 12.1 Å². The molecule has 20 heavy (non-hydrogen) atoms. The van der Waals surface area contributed by atoms with Crippen LogP contribution in [0.25, 0.3) is 0 Å². The molecule has 108 valence electrons. The molecular formula is C15H20N2O2S. The zero-order valence-electron chi connectivity index (χ0n) is 11.5. The average Bonchev–Trinajstić information content (AvgIpc) is 2.86. The van der Waals surface area contributed by atoms with Crippen LogP contribution in [0.5, 0.6) is 0 Å². The summed E-state index contributed by atoms with van der Waals surface area (Å²) < 4.78 is 0. The van der Waals surface area contributed by atoms with Crippen molar-refractivity contribution in [3.63, 3.8) is 0 Å². The number of nitrogens with two attached hydrogens (primary N) is 1. The van der Waals surface area contributed by atoms with Gasteiger partial charge in [0.05, 0.1) is 4.88 Å². The van der Waals surface area contributed by atoms with Crippen molar-refractivity contribution in [2.45, 2.75) is 25.8 Å². The van der Waals surface area contributed by atoms with Crippen molar-refractivity contribution in [3.05, 3.63) is 21.9 Å². The van der Waals surface area contributed by atoms with Crippen molar-refractivity contribution < 1.29 is 9.90 Å². The maximum absolute atomic E-state index is 10.9. The molecule has 0 aliphatic carbocycles. The third-order valence-electron chi connectivity index (χ3n) is 3.53. The quantitative estimate of drug-likeness (QED) is 0.819. The molecular weight excluding hydrogens is 272 g/mol. The molecule has 1 aromatic rings. The van der Waals surface area contributed by atoms with Gasteiger partial charge in [0.2, 0.25) is 5.91 Å². The summed E-state index contributed by atoms with van der Waals surface area (Å²) in [6, 6.07) is 4.10. The number of nitrogens with zero attached hydrogens (tertiary/aromatic N) is 1. The van der Waals surface area contributed by atoms with Crippen LogP contribution >= 0.6 is 11.3 Å². The molecule has 1 aliphatic rings. The van der Waals surface area contributed by atoms with E-state index >= 15 is 0 Å². The van der Waals surface area contributed by atoms with Crippen molar-refractivity contribution in [1.82, 2.24) is 4.90 Å². The van der Waals surface area contributed by atoms with Gasteiger partial charge in [-0.25, -0.2) is 0 Å². The number of rotatable bonds is 4. The van der Waals surface area contributed by atoms with Crippen LogP contribution in [-0.2, 0) is 11.3 Å². The van der Waals surface area contributed by atoms with E-state index in [0.29, 0.717) is 12.3 Å². The Morgan fingerprint density at radius 1 is 1.45 bits per heavy atom. The van der Waals surface area contributed by atoms with E-state index in [0.717, 1.165) is 37.4 Å². The van der Waals surface area contributed by atoms with Gasteiger partial charge in [0.25, 0.3) is 0 Å². The highest BCUT2D eigenvalue weighted by Crippen LogP contribution is 2.23. The Hall–Kier alpha value is -1.35. The number of hydrogen-bond acceptors (Lipinski definition) is 4. The van der Waals surface area contributed by atoms with E-state index in [1.54, 1.807) is 11.3 Å². The summed E-state index contributed by atoms with van der Waals surface area (Å²) in [6.07, 6.45) is 2.62. The Morgan fingerprint density at radius 3 is 2.85 bits per heavy atom. The Kier molecular flexibility index (Phi) is 5.60. The first kappa shape index (κ1) is 15.0. The van der Waals surface area contributed by atoms with E-state index < -0.39 is 0 Å². The first-order chi connectivity index (χ1) is 9.67. The second-order valence-corrected chi connectivity index (χ2v) is 6.28. The molecule has 1 saturated heterocycles. The first-order valence-corrected chi connectivity index (χ1v) is 7.68. The molecule has 2 rings (SSSR count). The Labute approximate surface area is 123 Å². The predicted molar refractivity (Wildman–Crippen MR) is 80.1 cm³/mol. The zero-order valence-corrected chi connectivity index (χ0v) is 12.3. The molecule has 0 radical (unpaired) electrons. The number of thiophene rings is 1. The lowest BCUT2D eigenvalue weighted by Crippen LogP contribution is -2.34. The lowest BCUT2D eigenvalue weighted by atomic mass is 9.93. The highest BCUT2D eigenvalue weighted by atomic mass is 32.1. The van der Waals surface area contributed by atoms with Gasteiger partial charge < -0.3 is 10.8 Å². The number of amides is 1. The number of likely N-dealkylation sites (tertiary alicyclic amines) is 1. The van der Waals surface area contributed by atoms with E-state index in [1.807, 2.05) is 6.07 Å². The Balaban J connectivity index is 1.80. The number of hydrogen-bond donors (Lipinski definition) is 2. The van der Waals surface area contributed by atoms with Gasteiger partial charge in [0.1, 0.15) is 6.61 Å². The molecule has 1 amide bonds. The zero-order chi connectivity index (χ0) is 14.4. The van der Waals surface area contributed by atoms with Crippen molar-refractivity contribution in [2.24, 2.45) is 11.7 Å². The van der Waals surface area contributed by atoms with Gasteiger partial charge in [-0.15, -0.1) is 11.3 Å². The fraction of sp³-hybridized carbons (Fsp3) is 0.533. The molecule has 4 nitrogen and oxygen atoms in total. The summed E-state index contributed by atoms with van der Waals surface area (Å²) in [6.45, 7) is 2.89. The van der Waals surface area contributed by atoms with E-state index in [9.17, 15) is 4.79 Å². The monoisotopic (exact) mass is 292 g/mol. The maximum Gasteiger partial charge on any atom is 0.217 e. The average molecular weight is 292 g/mol. The molecule has 0 unspecified atom stereocenters. The molecule has 0 atom stereocenters. The summed E-state index contributed by atoms with van der Waals surface area (Å²) in [5, 5.41) is 8.67. The van der Waals surface area contributed by atoms with E-state index in [4.69, 9.17) is 10.8 Å². The number of aliphatic hydroxyl groups excluding tert-OH is 1. The second kappa shape index (κ2) is 7.44. The van der Waals surface area contributed by atoms with Gasteiger partial charge in [-0.05, 0) is 44.0 Å². The van der Waals surface area contributed by atoms with Crippen LogP contribution in [0.2, 0.25) is 0 Å². The maximum atomic E-state index is 10.9. The van der Waals surface area contributed by atoms with Crippen molar-refractivity contribution in [2.75, 3.05) is 19.7 Å². The van der Waals surface area contributed by atoms with Gasteiger partial charge in [-0.1, -0.05) is 11.8 Å². The molecule has 1 fully saturated rings. The predicted octanol–water partition coefficient (Wildman–Crippen LogP) is 1.18. The number of carbonyl (C=O) groups is 1. The van der Waals surface area contributed by atoms with Crippen LogP contribution in [0.4, 0.5) is 0 Å². The second-order valence-electron chi connectivity index (χ2n) is 5.12. The first-order valence-electron chi connectivity index (χ1n) is 6.86. The summed E-state index contributed by atoms with van der Waals surface area (Å²) in [5.74, 6) is 5.86. The molecule has 1 aliphatic heterocycles. The summed E-state index contributed by atoms with van der Waals surface area (Å²) in [4.78, 5) is 15.6. The Morgan fingerprint density at radius 2 is 2.20 bits per heavy atom. The third kappa shape index (κ3) is 4.64. The lowest BCUT2D eigenvalue weighted by molar-refractivity contribution is -0.119. The topological polar surface area (TPSA) is 66.6 Å². The number of carbonyl (C=O) groups excluding carboxylic acids is 1. The van der Waals surface area contributed by atoms with Crippen LogP contribution in [0, 0.1) is 17.8 Å². The van der Waals surface area contributed by atoms with Crippen molar-refractivity contribution in [1.29, 1.82) is 0 Å². The molecule has 0 saturated carbocycles. The van der Waals surface area contributed by atoms with Crippen LogP contribution < -0.4 is 5.73 Å². The van der Waals surface area contributed by atoms with E-state index in [-0.39, 0.29) is 12.5 Å². The van der Waals surface area contributed by atoms with Crippen LogP contribution in [0.3, 0.4) is 0 Å². The van der Waals surface area contributed by atoms with Gasteiger partial charge >= 0.3 is 0 Å². The summed E-state index contributed by atoms with van der Waals surface area (Å²) in [5.41, 5.74) is 5.24. The third-order valence-corrected chi connectivity index (χ3v) is 4.51. The number of aliphatic hydroxyl groups is 1. The molecule has 3 N–H and O–H groups in total. The van der Waals surface area contributed by atoms with Gasteiger partial charge in [0, 0.05) is 17.8 Å². The van der Waals surface area contributed by atoms with Crippen LogP contribution in [-0.4, -0.2) is 35.6 Å². The molecule has 1 aromatic heterocycles. The number of piperidine rings is 1. The van der Waals surface area contributed by atoms with Gasteiger partial charge in [-0.3, -0.25) is 9.69 Å². The Bertz CT molecular complexity index is 507. The van der Waals surface area contributed by atoms with E-state index in [1.165, 1.54) is 4.88 Å². The summed E-state index contributed by atoms with van der Waals surface area (Å²) >= 11 is 1.68. The molecule has 0 bridgehead atoms. The molecule has 0 spiro atoms. The van der Waals surface area contributed by atoms with Crippen molar-refractivity contribution >= 4 is 17.2 Å². The minimum Gasteiger partial charge on any atom is -0.384 e. The summed E-state index contributed by atoms with van der Waals surface area (Å²) in [7, 11) is 0. The molecule has 5 heteroatoms. The fourth-order valence-electron chi connectivity index (χ4n) is 2.51. The highest BCUT2D eigenvalue weighted by Gasteiger charge is 2.20. The minimum atomic E-state index is -0.186. The molecule has 0 aromatic carbocycles. The largest absolute Gasteiger partial charge is 0.384 e. The minimum absolute atomic E-state index is 0.0966. The van der Waals surface area contributed by atoms with Crippen LogP contribution in [0.1, 0.15) is 29.0 Å². The standard InChI is InChI=1S/C15H20N2O2S/c16-15(19)10-12-5-7-17(8-6-12)11-14-4-3-13(20-14)2-1-9-18/h3-4,12,18H,5-11H2,(H2,16,19). The molecule has 2 heterocycles. The fourth-order valence-corrected chi connectivity index (χ4v) is 3.44. The van der Waals surface area contributed by atoms with Gasteiger partial charge in [-0.2, -0.15) is 0 Å². The highest BCUT2D eigenvalue weighted by molar-refractivity contribution is 7.12. The number of primary amides is 1. The SMILES string of the molecule is NC(=O)CC1CCN(Cc2ccc(C#CCO)s2)CC1. The smallest absolute Gasteiger partial charge is 0.217 e. The lowest BCUT2D eigenvalue weighted by Gasteiger charge is -2.31. The van der Waals surface area contributed by atoms with Crippen molar-refractivity contribution in [3.8, 4) is 11.8 Å². The normalized spacial score (nSPS) is 16.6.